The highest BCUT2D eigenvalue weighted by atomic mass is 19.1. The summed E-state index contributed by atoms with van der Waals surface area (Å²) < 4.78 is 27.1. The molecule has 4 heteroatoms. The fraction of sp³-hybridized carbons (Fsp3) is 0.944. The number of hydrogen-bond donors (Lipinski definition) is 0. The van der Waals surface area contributed by atoms with E-state index in [1.807, 2.05) is 0 Å². The largest absolute Gasteiger partial charge is 0.355 e. The van der Waals surface area contributed by atoms with E-state index in [1.54, 1.807) is 0 Å². The van der Waals surface area contributed by atoms with Gasteiger partial charge in [0.25, 0.3) is 0 Å². The van der Waals surface area contributed by atoms with Crippen LogP contribution < -0.4 is 0 Å². The van der Waals surface area contributed by atoms with Crippen molar-refractivity contribution in [3.05, 3.63) is 0 Å². The second-order valence-corrected chi connectivity index (χ2v) is 6.30. The molecule has 0 aromatic carbocycles. The molecule has 0 aromatic heterocycles. The molecule has 2 unspecified atom stereocenters. The molecule has 0 bridgehead atoms. The van der Waals surface area contributed by atoms with Crippen molar-refractivity contribution in [2.75, 3.05) is 0 Å². The van der Waals surface area contributed by atoms with Crippen molar-refractivity contribution in [1.29, 1.82) is 0 Å². The van der Waals surface area contributed by atoms with Crippen LogP contribution in [0, 0.1) is 0 Å². The lowest BCUT2D eigenvalue weighted by atomic mass is 10.0. The fourth-order valence-corrected chi connectivity index (χ4v) is 2.63. The topological polar surface area (TPSA) is 37.0 Å². The maximum atomic E-state index is 13.6. The van der Waals surface area contributed by atoms with Crippen LogP contribution in [-0.4, -0.2) is 18.3 Å². The predicted molar refractivity (Wildman–Crippen MR) is 85.8 cm³/mol. The molecule has 0 aromatic rings. The Morgan fingerprint density at radius 2 is 1.18 bits per heavy atom. The summed E-state index contributed by atoms with van der Waals surface area (Å²) in [6.07, 6.45) is 8.68. The molecule has 0 N–H and O–H groups in total. The third kappa shape index (κ3) is 15.7. The Balaban J connectivity index is 3.32. The van der Waals surface area contributed by atoms with Gasteiger partial charge < -0.3 is 0 Å². The van der Waals surface area contributed by atoms with Gasteiger partial charge in [0.05, 0.1) is 6.42 Å². The molecule has 0 heterocycles. The van der Waals surface area contributed by atoms with Crippen LogP contribution in [0.15, 0.2) is 0 Å². The SMILES string of the molecule is CCCCCC(F)CCCC(F)CCCCCCCC([O])=O. The standard InChI is InChI=1S/C18H33F2O2/c1-2-3-7-11-16(19)13-10-14-17(20)12-8-5-4-6-9-15-18(21)22/h16-17H,2-15H2,1H3. The molecule has 0 rings (SSSR count). The van der Waals surface area contributed by atoms with Crippen LogP contribution in [0.25, 0.3) is 0 Å². The molecule has 0 saturated carbocycles. The van der Waals surface area contributed by atoms with E-state index in [-0.39, 0.29) is 6.42 Å². The minimum atomic E-state index is -0.996. The van der Waals surface area contributed by atoms with Gasteiger partial charge in [0, 0.05) is 0 Å². The highest BCUT2D eigenvalue weighted by Crippen LogP contribution is 2.18. The lowest BCUT2D eigenvalue weighted by molar-refractivity contribution is -0.143. The first-order chi connectivity index (χ1) is 10.6. The minimum absolute atomic E-state index is 0.119. The Labute approximate surface area is 134 Å². The van der Waals surface area contributed by atoms with Gasteiger partial charge in [-0.1, -0.05) is 51.9 Å². The molecule has 0 amide bonds. The zero-order valence-corrected chi connectivity index (χ0v) is 14.1. The van der Waals surface area contributed by atoms with Crippen molar-refractivity contribution in [1.82, 2.24) is 0 Å². The van der Waals surface area contributed by atoms with Crippen molar-refractivity contribution < 1.29 is 18.7 Å². The second kappa shape index (κ2) is 15.2. The molecule has 2 atom stereocenters. The third-order valence-corrected chi connectivity index (χ3v) is 4.05. The quantitative estimate of drug-likeness (QED) is 0.317. The van der Waals surface area contributed by atoms with E-state index in [4.69, 9.17) is 0 Å². The van der Waals surface area contributed by atoms with Crippen molar-refractivity contribution in [3.8, 4) is 0 Å². The van der Waals surface area contributed by atoms with Crippen molar-refractivity contribution >= 4 is 5.97 Å². The zero-order chi connectivity index (χ0) is 16.6. The van der Waals surface area contributed by atoms with E-state index in [0.29, 0.717) is 38.5 Å². The van der Waals surface area contributed by atoms with Gasteiger partial charge in [-0.3, -0.25) is 0 Å². The number of carbonyl (C=O) groups excluding carboxylic acids is 1. The van der Waals surface area contributed by atoms with Gasteiger partial charge in [0.1, 0.15) is 12.3 Å². The van der Waals surface area contributed by atoms with Gasteiger partial charge in [-0.25, -0.2) is 18.7 Å². The normalized spacial score (nSPS) is 14.0. The summed E-state index contributed by atoms with van der Waals surface area (Å²) in [5, 5.41) is 10.2. The zero-order valence-electron chi connectivity index (χ0n) is 14.1. The van der Waals surface area contributed by atoms with Gasteiger partial charge in [-0.15, -0.1) is 0 Å². The van der Waals surface area contributed by atoms with Crippen LogP contribution in [0.4, 0.5) is 8.78 Å². The van der Waals surface area contributed by atoms with Crippen LogP contribution in [0.2, 0.25) is 0 Å². The maximum Gasteiger partial charge on any atom is 0.355 e. The summed E-state index contributed by atoms with van der Waals surface area (Å²) in [5.74, 6) is -0.996. The maximum absolute atomic E-state index is 13.6. The van der Waals surface area contributed by atoms with Gasteiger partial charge >= 0.3 is 5.97 Å². The van der Waals surface area contributed by atoms with E-state index >= 15 is 0 Å². The fourth-order valence-electron chi connectivity index (χ4n) is 2.63. The van der Waals surface area contributed by atoms with E-state index in [2.05, 4.69) is 6.92 Å². The first-order valence-electron chi connectivity index (χ1n) is 9.04. The molecular weight excluding hydrogens is 286 g/mol. The number of alkyl halides is 2. The van der Waals surface area contributed by atoms with Gasteiger partial charge in [-0.2, -0.15) is 0 Å². The lowest BCUT2D eigenvalue weighted by Gasteiger charge is -2.10. The number of unbranched alkanes of at least 4 members (excludes halogenated alkanes) is 6. The number of rotatable bonds is 16. The Bertz CT molecular complexity index is 259. The van der Waals surface area contributed by atoms with Crippen molar-refractivity contribution in [2.45, 2.75) is 109 Å². The average molecular weight is 319 g/mol. The molecular formula is C18H33F2O2. The smallest absolute Gasteiger partial charge is 0.247 e. The number of hydrogen-bond acceptors (Lipinski definition) is 1. The summed E-state index contributed by atoms with van der Waals surface area (Å²) in [4.78, 5) is 10.2. The van der Waals surface area contributed by atoms with Crippen LogP contribution in [-0.2, 0) is 9.90 Å². The Morgan fingerprint density at radius 1 is 0.727 bits per heavy atom. The van der Waals surface area contributed by atoms with Gasteiger partial charge in [0.15, 0.2) is 0 Å². The molecule has 0 spiro atoms. The first-order valence-corrected chi connectivity index (χ1v) is 9.04. The molecule has 22 heavy (non-hydrogen) atoms. The summed E-state index contributed by atoms with van der Waals surface area (Å²) in [7, 11) is 0. The Hall–Kier alpha value is -0.670. The molecule has 0 aliphatic rings. The number of halogens is 2. The summed E-state index contributed by atoms with van der Waals surface area (Å²) in [6, 6.07) is 0. The van der Waals surface area contributed by atoms with E-state index < -0.39 is 18.3 Å². The van der Waals surface area contributed by atoms with Crippen molar-refractivity contribution in [3.63, 3.8) is 0 Å². The van der Waals surface area contributed by atoms with Crippen LogP contribution in [0.1, 0.15) is 96.8 Å². The minimum Gasteiger partial charge on any atom is -0.247 e. The van der Waals surface area contributed by atoms with Crippen LogP contribution >= 0.6 is 0 Å². The van der Waals surface area contributed by atoms with Crippen LogP contribution in [0.3, 0.4) is 0 Å². The molecule has 1 radical (unpaired) electrons. The van der Waals surface area contributed by atoms with Crippen molar-refractivity contribution in [2.24, 2.45) is 0 Å². The molecule has 0 saturated heterocycles. The van der Waals surface area contributed by atoms with E-state index in [0.717, 1.165) is 44.9 Å². The average Bonchev–Trinajstić information content (AvgIpc) is 2.46. The summed E-state index contributed by atoms with van der Waals surface area (Å²) >= 11 is 0. The second-order valence-electron chi connectivity index (χ2n) is 6.30. The molecule has 0 aliphatic carbocycles. The molecule has 131 valence electrons. The van der Waals surface area contributed by atoms with Gasteiger partial charge in [-0.05, 0) is 38.5 Å². The predicted octanol–water partition coefficient (Wildman–Crippen LogP) is 6.10. The highest BCUT2D eigenvalue weighted by molar-refractivity contribution is 5.66. The first kappa shape index (κ1) is 21.3. The highest BCUT2D eigenvalue weighted by Gasteiger charge is 2.10. The molecule has 2 nitrogen and oxygen atoms in total. The Morgan fingerprint density at radius 3 is 1.73 bits per heavy atom. The number of carbonyl (C=O) groups is 1. The lowest BCUT2D eigenvalue weighted by Crippen LogP contribution is -2.04. The molecule has 0 fully saturated rings. The van der Waals surface area contributed by atoms with E-state index in [1.165, 1.54) is 0 Å². The summed E-state index contributed by atoms with van der Waals surface area (Å²) in [5.41, 5.74) is 0. The van der Waals surface area contributed by atoms with E-state index in [9.17, 15) is 18.7 Å². The third-order valence-electron chi connectivity index (χ3n) is 4.05. The summed E-state index contributed by atoms with van der Waals surface area (Å²) in [6.45, 7) is 2.10. The van der Waals surface area contributed by atoms with Crippen LogP contribution in [0.5, 0.6) is 0 Å². The van der Waals surface area contributed by atoms with Gasteiger partial charge in [0.2, 0.25) is 0 Å². The monoisotopic (exact) mass is 319 g/mol. The Kier molecular flexibility index (Phi) is 14.8. The molecule has 0 aliphatic heterocycles.